The number of nitrogens with zero attached hydrogens (tertiary/aromatic N) is 4. The lowest BCUT2D eigenvalue weighted by molar-refractivity contribution is -0.126. The second-order valence-corrected chi connectivity index (χ2v) is 8.24. The fourth-order valence-electron chi connectivity index (χ4n) is 3.10. The Morgan fingerprint density at radius 1 is 1.27 bits per heavy atom. The van der Waals surface area contributed by atoms with Crippen LogP contribution >= 0.6 is 22.7 Å². The summed E-state index contributed by atoms with van der Waals surface area (Å²) in [6.45, 7) is 5.17. The molecule has 0 unspecified atom stereocenters. The Labute approximate surface area is 160 Å². The molecule has 0 saturated carbocycles. The van der Waals surface area contributed by atoms with Crippen LogP contribution in [-0.4, -0.2) is 47.0 Å². The van der Waals surface area contributed by atoms with Crippen LogP contribution in [0.3, 0.4) is 0 Å². The van der Waals surface area contributed by atoms with Crippen LogP contribution in [0.4, 0.5) is 5.82 Å². The lowest BCUT2D eigenvalue weighted by Gasteiger charge is -2.35. The van der Waals surface area contributed by atoms with Gasteiger partial charge in [-0.2, -0.15) is 0 Å². The van der Waals surface area contributed by atoms with Crippen molar-refractivity contribution in [2.24, 2.45) is 0 Å². The van der Waals surface area contributed by atoms with Crippen LogP contribution in [0.1, 0.15) is 16.7 Å². The number of aromatic nitrogens is 2. The number of anilines is 1. The number of carbonyl (C=O) groups excluding carboxylic acids is 1. The Morgan fingerprint density at radius 3 is 2.85 bits per heavy atom. The number of rotatable bonds is 4. The highest BCUT2D eigenvalue weighted by Crippen LogP contribution is 2.30. The summed E-state index contributed by atoms with van der Waals surface area (Å²) in [4.78, 5) is 29.0. The van der Waals surface area contributed by atoms with E-state index in [9.17, 15) is 4.79 Å². The van der Waals surface area contributed by atoms with E-state index in [4.69, 9.17) is 0 Å². The normalized spacial score (nSPS) is 15.3. The lowest BCUT2D eigenvalue weighted by atomic mass is 10.2. The van der Waals surface area contributed by atoms with Crippen molar-refractivity contribution < 1.29 is 4.79 Å². The van der Waals surface area contributed by atoms with Crippen molar-refractivity contribution >= 4 is 50.7 Å². The van der Waals surface area contributed by atoms with E-state index in [2.05, 4.69) is 27.9 Å². The lowest BCUT2D eigenvalue weighted by Crippen LogP contribution is -2.48. The second-order valence-electron chi connectivity index (χ2n) is 6.14. The number of carbonyl (C=O) groups is 1. The van der Waals surface area contributed by atoms with Crippen molar-refractivity contribution in [3.8, 4) is 0 Å². The van der Waals surface area contributed by atoms with E-state index in [-0.39, 0.29) is 5.91 Å². The number of piperazine rings is 1. The van der Waals surface area contributed by atoms with Crippen LogP contribution < -0.4 is 4.90 Å². The minimum atomic E-state index is 0.0784. The van der Waals surface area contributed by atoms with E-state index in [0.717, 1.165) is 40.4 Å². The molecule has 0 aliphatic carbocycles. The maximum Gasteiger partial charge on any atom is 0.246 e. The van der Waals surface area contributed by atoms with Crippen molar-refractivity contribution in [2.45, 2.75) is 13.3 Å². The van der Waals surface area contributed by atoms with Gasteiger partial charge in [0, 0.05) is 42.0 Å². The van der Waals surface area contributed by atoms with E-state index in [0.29, 0.717) is 13.1 Å². The molecule has 0 spiro atoms. The average Bonchev–Trinajstić information content (AvgIpc) is 3.35. The second kappa shape index (κ2) is 7.55. The van der Waals surface area contributed by atoms with Crippen molar-refractivity contribution in [1.29, 1.82) is 0 Å². The zero-order valence-corrected chi connectivity index (χ0v) is 16.2. The Kier molecular flexibility index (Phi) is 4.99. The molecule has 0 atom stereocenters. The van der Waals surface area contributed by atoms with Gasteiger partial charge in [-0.15, -0.1) is 22.7 Å². The van der Waals surface area contributed by atoms with Gasteiger partial charge in [-0.1, -0.05) is 13.0 Å². The summed E-state index contributed by atoms with van der Waals surface area (Å²) in [5, 5.41) is 3.14. The average molecular weight is 385 g/mol. The largest absolute Gasteiger partial charge is 0.352 e. The van der Waals surface area contributed by atoms with Crippen molar-refractivity contribution in [3.05, 3.63) is 45.7 Å². The van der Waals surface area contributed by atoms with Crippen LogP contribution in [0, 0.1) is 0 Å². The summed E-state index contributed by atoms with van der Waals surface area (Å²) in [6, 6.07) is 6.21. The molecule has 1 aliphatic rings. The van der Waals surface area contributed by atoms with Crippen LogP contribution in [0.15, 0.2) is 36.0 Å². The van der Waals surface area contributed by atoms with Gasteiger partial charge in [-0.25, -0.2) is 9.97 Å². The van der Waals surface area contributed by atoms with Gasteiger partial charge in [0.25, 0.3) is 0 Å². The van der Waals surface area contributed by atoms with Crippen molar-refractivity contribution in [1.82, 2.24) is 14.9 Å². The van der Waals surface area contributed by atoms with Gasteiger partial charge >= 0.3 is 0 Å². The summed E-state index contributed by atoms with van der Waals surface area (Å²) in [6.07, 6.45) is 6.23. The zero-order valence-electron chi connectivity index (χ0n) is 14.6. The molecule has 26 heavy (non-hydrogen) atoms. The Hall–Kier alpha value is -2.25. The minimum absolute atomic E-state index is 0.0784. The predicted molar refractivity (Wildman–Crippen MR) is 109 cm³/mol. The number of aryl methyl sites for hydroxylation is 1. The number of thiophene rings is 2. The summed E-state index contributed by atoms with van der Waals surface area (Å²) in [5.41, 5.74) is 0. The molecule has 0 aromatic carbocycles. The van der Waals surface area contributed by atoms with E-state index < -0.39 is 0 Å². The highest BCUT2D eigenvalue weighted by molar-refractivity contribution is 7.18. The molecule has 0 radical (unpaired) electrons. The smallest absolute Gasteiger partial charge is 0.246 e. The minimum Gasteiger partial charge on any atom is -0.352 e. The Bertz CT molecular complexity index is 924. The SMILES string of the molecule is CCc1cc2c(N3CCN(C(=O)/C=C/c4cccs4)CC3)ncnc2s1. The van der Waals surface area contributed by atoms with Gasteiger partial charge in [0.15, 0.2) is 0 Å². The summed E-state index contributed by atoms with van der Waals surface area (Å²) < 4.78 is 0. The number of hydrogen-bond acceptors (Lipinski definition) is 6. The molecule has 4 heterocycles. The third-order valence-corrected chi connectivity index (χ3v) is 6.56. The monoisotopic (exact) mass is 384 g/mol. The summed E-state index contributed by atoms with van der Waals surface area (Å²) in [5.74, 6) is 1.07. The molecule has 7 heteroatoms. The fraction of sp³-hybridized carbons (Fsp3) is 0.316. The Balaban J connectivity index is 1.44. The van der Waals surface area contributed by atoms with Gasteiger partial charge in [0.2, 0.25) is 5.91 Å². The maximum absolute atomic E-state index is 12.4. The van der Waals surface area contributed by atoms with Crippen molar-refractivity contribution in [2.75, 3.05) is 31.1 Å². The van der Waals surface area contributed by atoms with Gasteiger partial charge in [0.1, 0.15) is 17.0 Å². The first-order valence-corrected chi connectivity index (χ1v) is 10.4. The molecule has 4 rings (SSSR count). The molecule has 0 N–H and O–H groups in total. The highest BCUT2D eigenvalue weighted by atomic mass is 32.1. The fourth-order valence-corrected chi connectivity index (χ4v) is 4.65. The molecule has 1 fully saturated rings. The van der Waals surface area contributed by atoms with Crippen LogP contribution in [0.25, 0.3) is 16.3 Å². The van der Waals surface area contributed by atoms with Gasteiger partial charge in [-0.05, 0) is 30.0 Å². The summed E-state index contributed by atoms with van der Waals surface area (Å²) >= 11 is 3.37. The molecule has 134 valence electrons. The molecule has 1 saturated heterocycles. The molecule has 1 amide bonds. The topological polar surface area (TPSA) is 49.3 Å². The van der Waals surface area contributed by atoms with E-state index in [1.54, 1.807) is 35.1 Å². The highest BCUT2D eigenvalue weighted by Gasteiger charge is 2.22. The first kappa shape index (κ1) is 17.2. The van der Waals surface area contributed by atoms with E-state index in [1.165, 1.54) is 4.88 Å². The first-order valence-electron chi connectivity index (χ1n) is 8.73. The van der Waals surface area contributed by atoms with Crippen LogP contribution in [-0.2, 0) is 11.2 Å². The predicted octanol–water partition coefficient (Wildman–Crippen LogP) is 3.68. The molecular formula is C19H20N4OS2. The van der Waals surface area contributed by atoms with E-state index in [1.807, 2.05) is 28.5 Å². The van der Waals surface area contributed by atoms with Crippen LogP contribution in [0.5, 0.6) is 0 Å². The quantitative estimate of drug-likeness (QED) is 0.644. The molecular weight excluding hydrogens is 364 g/mol. The van der Waals surface area contributed by atoms with Gasteiger partial charge < -0.3 is 9.80 Å². The van der Waals surface area contributed by atoms with E-state index >= 15 is 0 Å². The molecule has 3 aromatic rings. The third kappa shape index (κ3) is 3.50. The number of fused-ring (bicyclic) bond motifs is 1. The molecule has 3 aromatic heterocycles. The third-order valence-electron chi connectivity index (χ3n) is 4.53. The molecule has 1 aliphatic heterocycles. The Morgan fingerprint density at radius 2 is 2.12 bits per heavy atom. The van der Waals surface area contributed by atoms with Gasteiger partial charge in [0.05, 0.1) is 5.39 Å². The maximum atomic E-state index is 12.4. The number of amides is 1. The van der Waals surface area contributed by atoms with Crippen LogP contribution in [0.2, 0.25) is 0 Å². The van der Waals surface area contributed by atoms with Gasteiger partial charge in [-0.3, -0.25) is 4.79 Å². The summed E-state index contributed by atoms with van der Waals surface area (Å²) in [7, 11) is 0. The molecule has 5 nitrogen and oxygen atoms in total. The standard InChI is InChI=1S/C19H20N4OS2/c1-2-14-12-16-18(20-13-21-19(16)26-14)23-9-7-22(8-10-23)17(24)6-5-15-4-3-11-25-15/h3-6,11-13H,2,7-10H2,1H3/b6-5+. The molecule has 0 bridgehead atoms. The first-order chi connectivity index (χ1) is 12.7. The number of hydrogen-bond donors (Lipinski definition) is 0. The zero-order chi connectivity index (χ0) is 17.9. The van der Waals surface area contributed by atoms with Crippen molar-refractivity contribution in [3.63, 3.8) is 0 Å².